The first-order valence-electron chi connectivity index (χ1n) is 3.99. The summed E-state index contributed by atoms with van der Waals surface area (Å²) in [5.41, 5.74) is 7.16. The van der Waals surface area contributed by atoms with Gasteiger partial charge in [0.15, 0.2) is 5.65 Å². The van der Waals surface area contributed by atoms with Crippen LogP contribution in [0.2, 0.25) is 5.02 Å². The zero-order valence-electron chi connectivity index (χ0n) is 6.94. The number of fused-ring (bicyclic) bond motifs is 1. The van der Waals surface area contributed by atoms with E-state index in [9.17, 15) is 0 Å². The van der Waals surface area contributed by atoms with Crippen LogP contribution in [0.25, 0.3) is 5.65 Å². The highest BCUT2D eigenvalue weighted by atomic mass is 35.5. The highest BCUT2D eigenvalue weighted by Crippen LogP contribution is 2.09. The number of rotatable bonds is 2. The predicted molar refractivity (Wildman–Crippen MR) is 50.8 cm³/mol. The van der Waals surface area contributed by atoms with E-state index in [4.69, 9.17) is 17.3 Å². The second-order valence-corrected chi connectivity index (χ2v) is 3.19. The zero-order valence-corrected chi connectivity index (χ0v) is 7.70. The van der Waals surface area contributed by atoms with E-state index in [0.29, 0.717) is 11.6 Å². The summed E-state index contributed by atoms with van der Waals surface area (Å²) in [5.74, 6) is 0. The molecule has 0 saturated carbocycles. The van der Waals surface area contributed by atoms with Crippen molar-refractivity contribution in [1.82, 2.24) is 14.6 Å². The van der Waals surface area contributed by atoms with Gasteiger partial charge in [0.25, 0.3) is 0 Å². The maximum Gasteiger partial charge on any atom is 0.155 e. The molecule has 0 bridgehead atoms. The Bertz CT molecular complexity index is 423. The van der Waals surface area contributed by atoms with Crippen LogP contribution in [0.4, 0.5) is 0 Å². The number of hydrogen-bond donors (Lipinski definition) is 1. The number of aromatic nitrogens is 3. The fraction of sp³-hybridized carbons (Fsp3) is 0.250. The molecule has 2 N–H and O–H groups in total. The van der Waals surface area contributed by atoms with Gasteiger partial charge in [0, 0.05) is 18.7 Å². The molecule has 2 heterocycles. The van der Waals surface area contributed by atoms with Gasteiger partial charge in [-0.05, 0) is 6.54 Å². The fourth-order valence-corrected chi connectivity index (χ4v) is 1.31. The largest absolute Gasteiger partial charge is 0.330 e. The van der Waals surface area contributed by atoms with Gasteiger partial charge in [-0.3, -0.25) is 0 Å². The topological polar surface area (TPSA) is 56.2 Å². The molecule has 4 nitrogen and oxygen atoms in total. The van der Waals surface area contributed by atoms with Crippen LogP contribution in [0.1, 0.15) is 5.69 Å². The minimum atomic E-state index is 0.579. The second-order valence-electron chi connectivity index (χ2n) is 2.75. The lowest BCUT2D eigenvalue weighted by Gasteiger charge is -1.91. The van der Waals surface area contributed by atoms with Crippen LogP contribution >= 0.6 is 11.6 Å². The lowest BCUT2D eigenvalue weighted by atomic mass is 10.3. The first-order valence-corrected chi connectivity index (χ1v) is 4.37. The van der Waals surface area contributed by atoms with Crippen LogP contribution in [-0.2, 0) is 6.42 Å². The maximum atomic E-state index is 5.76. The smallest absolute Gasteiger partial charge is 0.155 e. The van der Waals surface area contributed by atoms with E-state index in [1.165, 1.54) is 0 Å². The van der Waals surface area contributed by atoms with Crippen molar-refractivity contribution in [2.45, 2.75) is 6.42 Å². The van der Waals surface area contributed by atoms with Crippen LogP contribution in [-0.4, -0.2) is 21.1 Å². The van der Waals surface area contributed by atoms with Gasteiger partial charge in [0.2, 0.25) is 0 Å². The molecule has 0 fully saturated rings. The van der Waals surface area contributed by atoms with Gasteiger partial charge in [0.1, 0.15) is 0 Å². The molecular weight excluding hydrogens is 188 g/mol. The molecule has 0 radical (unpaired) electrons. The van der Waals surface area contributed by atoms with Crippen molar-refractivity contribution in [1.29, 1.82) is 0 Å². The van der Waals surface area contributed by atoms with Crippen molar-refractivity contribution in [3.63, 3.8) is 0 Å². The normalized spacial score (nSPS) is 10.9. The molecule has 5 heteroatoms. The quantitative estimate of drug-likeness (QED) is 0.776. The number of halogens is 1. The van der Waals surface area contributed by atoms with Crippen molar-refractivity contribution < 1.29 is 0 Å². The molecule has 0 aliphatic carbocycles. The third kappa shape index (κ3) is 1.64. The highest BCUT2D eigenvalue weighted by molar-refractivity contribution is 6.30. The van der Waals surface area contributed by atoms with Gasteiger partial charge in [0.05, 0.1) is 16.9 Å². The maximum absolute atomic E-state index is 5.76. The Morgan fingerprint density at radius 2 is 2.38 bits per heavy atom. The molecule has 0 unspecified atom stereocenters. The second kappa shape index (κ2) is 3.32. The molecule has 68 valence electrons. The average molecular weight is 197 g/mol. The lowest BCUT2D eigenvalue weighted by molar-refractivity contribution is 0.855. The number of nitrogens with zero attached hydrogens (tertiary/aromatic N) is 3. The number of nitrogens with two attached hydrogens (primary N) is 1. The van der Waals surface area contributed by atoms with Crippen molar-refractivity contribution in [2.24, 2.45) is 5.73 Å². The van der Waals surface area contributed by atoms with E-state index in [1.54, 1.807) is 16.9 Å². The Balaban J connectivity index is 2.49. The molecule has 0 aliphatic heterocycles. The van der Waals surface area contributed by atoms with E-state index in [0.717, 1.165) is 17.8 Å². The summed E-state index contributed by atoms with van der Waals surface area (Å²) in [6.45, 7) is 0.595. The third-order valence-corrected chi connectivity index (χ3v) is 1.93. The molecule has 0 saturated heterocycles. The lowest BCUT2D eigenvalue weighted by Crippen LogP contribution is -2.03. The molecule has 2 rings (SSSR count). The van der Waals surface area contributed by atoms with Gasteiger partial charge in [-0.15, -0.1) is 0 Å². The Labute approximate surface area is 80.3 Å². The standard InChI is InChI=1S/C8H9ClN4/c9-6-4-11-8-3-7(1-2-10)12-13(8)5-6/h3-5H,1-2,10H2. The molecule has 0 amide bonds. The third-order valence-electron chi connectivity index (χ3n) is 1.73. The van der Waals surface area contributed by atoms with Gasteiger partial charge < -0.3 is 5.73 Å². The van der Waals surface area contributed by atoms with Crippen LogP contribution in [0.5, 0.6) is 0 Å². The van der Waals surface area contributed by atoms with Gasteiger partial charge >= 0.3 is 0 Å². The molecule has 0 atom stereocenters. The molecule has 13 heavy (non-hydrogen) atoms. The molecule has 0 spiro atoms. The summed E-state index contributed by atoms with van der Waals surface area (Å²) in [6, 6.07) is 1.91. The van der Waals surface area contributed by atoms with E-state index < -0.39 is 0 Å². The van der Waals surface area contributed by atoms with Crippen molar-refractivity contribution >= 4 is 17.2 Å². The van der Waals surface area contributed by atoms with Crippen molar-refractivity contribution in [2.75, 3.05) is 6.54 Å². The summed E-state index contributed by atoms with van der Waals surface area (Å²) < 4.78 is 1.66. The Morgan fingerprint density at radius 1 is 1.54 bits per heavy atom. The summed E-state index contributed by atoms with van der Waals surface area (Å²) in [6.07, 6.45) is 4.09. The summed E-state index contributed by atoms with van der Waals surface area (Å²) >= 11 is 5.76. The SMILES string of the molecule is NCCc1cc2ncc(Cl)cn2n1. The first-order chi connectivity index (χ1) is 6.29. The summed E-state index contributed by atoms with van der Waals surface area (Å²) in [5, 5.41) is 4.83. The molecular formula is C8H9ClN4. The van der Waals surface area contributed by atoms with Crippen LogP contribution in [0, 0.1) is 0 Å². The van der Waals surface area contributed by atoms with Gasteiger partial charge in [-0.1, -0.05) is 11.6 Å². The van der Waals surface area contributed by atoms with E-state index in [1.807, 2.05) is 6.07 Å². The van der Waals surface area contributed by atoms with E-state index >= 15 is 0 Å². The fourth-order valence-electron chi connectivity index (χ4n) is 1.17. The average Bonchev–Trinajstić information content (AvgIpc) is 2.46. The number of hydrogen-bond acceptors (Lipinski definition) is 3. The molecule has 0 aromatic carbocycles. The predicted octanol–water partition coefficient (Wildman–Crippen LogP) is 0.884. The first kappa shape index (κ1) is 8.47. The monoisotopic (exact) mass is 196 g/mol. The van der Waals surface area contributed by atoms with E-state index in [-0.39, 0.29) is 0 Å². The van der Waals surface area contributed by atoms with Crippen LogP contribution < -0.4 is 5.73 Å². The summed E-state index contributed by atoms with van der Waals surface area (Å²) in [7, 11) is 0. The zero-order chi connectivity index (χ0) is 9.26. The Kier molecular flexibility index (Phi) is 2.16. The Morgan fingerprint density at radius 3 is 3.15 bits per heavy atom. The molecule has 0 aliphatic rings. The molecule has 2 aromatic rings. The van der Waals surface area contributed by atoms with Crippen molar-refractivity contribution in [3.05, 3.63) is 29.2 Å². The van der Waals surface area contributed by atoms with Crippen LogP contribution in [0.3, 0.4) is 0 Å². The van der Waals surface area contributed by atoms with Crippen molar-refractivity contribution in [3.8, 4) is 0 Å². The highest BCUT2D eigenvalue weighted by Gasteiger charge is 2.01. The van der Waals surface area contributed by atoms with Gasteiger partial charge in [-0.25, -0.2) is 9.50 Å². The van der Waals surface area contributed by atoms with Crippen LogP contribution in [0.15, 0.2) is 18.5 Å². The Hall–Kier alpha value is -1.13. The van der Waals surface area contributed by atoms with E-state index in [2.05, 4.69) is 10.1 Å². The summed E-state index contributed by atoms with van der Waals surface area (Å²) in [4.78, 5) is 4.11. The minimum absolute atomic E-state index is 0.579. The molecule has 2 aromatic heterocycles. The minimum Gasteiger partial charge on any atom is -0.330 e. The van der Waals surface area contributed by atoms with Gasteiger partial charge in [-0.2, -0.15) is 5.10 Å².